The fraction of sp³-hybridized carbons (Fsp3) is 0.150. The van der Waals surface area contributed by atoms with E-state index in [1.165, 1.54) is 12.1 Å². The van der Waals surface area contributed by atoms with Crippen molar-refractivity contribution in [1.82, 2.24) is 0 Å². The molecule has 0 saturated heterocycles. The molecule has 0 unspecified atom stereocenters. The van der Waals surface area contributed by atoms with Gasteiger partial charge >= 0.3 is 144 Å². The number of hydrogen-bond donors (Lipinski definition) is 0. The molecule has 5 heteroatoms. The van der Waals surface area contributed by atoms with E-state index in [-0.39, 0.29) is 25.8 Å². The molecule has 2 nitrogen and oxygen atoms in total. The molecule has 2 aromatic carbocycles. The Morgan fingerprint density at radius 2 is 1.68 bits per heavy atom. The van der Waals surface area contributed by atoms with Crippen molar-refractivity contribution in [3.63, 3.8) is 0 Å². The maximum absolute atomic E-state index is 14.4. The Balaban J connectivity index is 1.89. The Bertz CT molecular complexity index is 885. The summed E-state index contributed by atoms with van der Waals surface area (Å²) < 4.78 is 35.6. The van der Waals surface area contributed by atoms with Crippen molar-refractivity contribution in [3.05, 3.63) is 64.6 Å². The second kappa shape index (κ2) is 7.77. The van der Waals surface area contributed by atoms with Crippen molar-refractivity contribution in [3.8, 4) is 26.9 Å². The molecule has 0 aliphatic rings. The van der Waals surface area contributed by atoms with Crippen LogP contribution in [0.1, 0.15) is 22.6 Å². The van der Waals surface area contributed by atoms with Crippen molar-refractivity contribution in [1.29, 1.82) is 0 Å². The van der Waals surface area contributed by atoms with Gasteiger partial charge in [0.2, 0.25) is 0 Å². The van der Waals surface area contributed by atoms with E-state index >= 15 is 0 Å². The first kappa shape index (κ1) is 17.6. The average molecular weight is 405 g/mol. The molecule has 0 atom stereocenters. The Morgan fingerprint density at radius 1 is 0.960 bits per heavy atom. The van der Waals surface area contributed by atoms with Gasteiger partial charge in [-0.15, -0.1) is 0 Å². The van der Waals surface area contributed by atoms with Gasteiger partial charge in [0, 0.05) is 0 Å². The van der Waals surface area contributed by atoms with Crippen LogP contribution in [0.2, 0.25) is 0 Å². The number of carbonyl (C=O) groups is 1. The van der Waals surface area contributed by atoms with Crippen molar-refractivity contribution >= 4 is 20.8 Å². The molecule has 0 fully saturated rings. The van der Waals surface area contributed by atoms with Crippen molar-refractivity contribution in [2.24, 2.45) is 0 Å². The second-order valence-corrected chi connectivity index (χ2v) is 7.83. The second-order valence-electron chi connectivity index (χ2n) is 5.48. The molecule has 1 aromatic heterocycles. The van der Waals surface area contributed by atoms with Crippen molar-refractivity contribution in [2.45, 2.75) is 13.3 Å². The predicted octanol–water partition coefficient (Wildman–Crippen LogP) is 4.96. The van der Waals surface area contributed by atoms with E-state index in [9.17, 15) is 13.6 Å². The summed E-state index contributed by atoms with van der Waals surface area (Å²) in [4.78, 5) is 10.8. The van der Waals surface area contributed by atoms with E-state index in [1.54, 1.807) is 12.1 Å². The summed E-state index contributed by atoms with van der Waals surface area (Å²) in [5.41, 5.74) is 1.78. The van der Waals surface area contributed by atoms with Crippen LogP contribution in [0.5, 0.6) is 5.75 Å². The quantitative estimate of drug-likeness (QED) is 0.428. The third-order valence-electron chi connectivity index (χ3n) is 3.73. The summed E-state index contributed by atoms with van der Waals surface area (Å²) in [5.74, 6) is -1.93. The first-order valence-electron chi connectivity index (χ1n) is 7.90. The topological polar surface area (TPSA) is 26.3 Å². The number of hydrogen-bond acceptors (Lipinski definition) is 2. The molecule has 1 heterocycles. The molecule has 0 amide bonds. The standard InChI is InChI=1S/C20H16F2O2Se/c1-2-11-24-17-9-8-16(19(21)20(17)22)13-3-5-14(6-4-13)18-10-7-15(12-23)25-18/h3-10,12H,2,11H2,1H3. The number of benzene rings is 2. The summed E-state index contributed by atoms with van der Waals surface area (Å²) in [7, 11) is 0. The molecular weight excluding hydrogens is 389 g/mol. The van der Waals surface area contributed by atoms with Crippen LogP contribution in [0.4, 0.5) is 8.78 Å². The fourth-order valence-corrected chi connectivity index (χ4v) is 4.20. The zero-order chi connectivity index (χ0) is 17.8. The van der Waals surface area contributed by atoms with Crippen LogP contribution in [0.15, 0.2) is 48.5 Å². The van der Waals surface area contributed by atoms with Gasteiger partial charge < -0.3 is 0 Å². The third kappa shape index (κ3) is 3.73. The van der Waals surface area contributed by atoms with E-state index < -0.39 is 11.6 Å². The first-order valence-corrected chi connectivity index (χ1v) is 9.62. The fourth-order valence-electron chi connectivity index (χ4n) is 2.46. The molecule has 0 aliphatic carbocycles. The van der Waals surface area contributed by atoms with Crippen LogP contribution in [-0.2, 0) is 0 Å². The molecule has 0 N–H and O–H groups in total. The van der Waals surface area contributed by atoms with E-state index in [0.29, 0.717) is 12.2 Å². The SMILES string of the molecule is CCCOc1ccc(-c2ccc(-c3ccc(C=O)[se]3)cc2)c(F)c1F. The van der Waals surface area contributed by atoms with Crippen LogP contribution in [-0.4, -0.2) is 27.4 Å². The summed E-state index contributed by atoms with van der Waals surface area (Å²) in [6, 6.07) is 14.0. The monoisotopic (exact) mass is 406 g/mol. The molecule has 128 valence electrons. The summed E-state index contributed by atoms with van der Waals surface area (Å²) >= 11 is -0.00110. The first-order chi connectivity index (χ1) is 12.1. The molecule has 0 saturated carbocycles. The Morgan fingerprint density at radius 3 is 2.32 bits per heavy atom. The maximum atomic E-state index is 14.4. The van der Waals surface area contributed by atoms with Crippen LogP contribution < -0.4 is 4.74 Å². The normalized spacial score (nSPS) is 10.7. The average Bonchev–Trinajstić information content (AvgIpc) is 3.12. The van der Waals surface area contributed by atoms with Gasteiger partial charge in [-0.3, -0.25) is 0 Å². The molecule has 0 radical (unpaired) electrons. The van der Waals surface area contributed by atoms with Gasteiger partial charge in [0.15, 0.2) is 0 Å². The van der Waals surface area contributed by atoms with Gasteiger partial charge in [0.05, 0.1) is 0 Å². The van der Waals surface area contributed by atoms with E-state index in [0.717, 1.165) is 27.1 Å². The van der Waals surface area contributed by atoms with Gasteiger partial charge in [0.25, 0.3) is 0 Å². The molecule has 25 heavy (non-hydrogen) atoms. The molecule has 3 rings (SSSR count). The summed E-state index contributed by atoms with van der Waals surface area (Å²) in [5, 5.41) is 0. The van der Waals surface area contributed by atoms with E-state index in [1.807, 2.05) is 31.2 Å². The molecule has 0 aliphatic heterocycles. The van der Waals surface area contributed by atoms with Gasteiger partial charge in [0.1, 0.15) is 0 Å². The molecule has 3 aromatic rings. The van der Waals surface area contributed by atoms with Gasteiger partial charge in [-0.05, 0) is 0 Å². The van der Waals surface area contributed by atoms with Crippen LogP contribution in [0.3, 0.4) is 0 Å². The summed E-state index contributed by atoms with van der Waals surface area (Å²) in [6.07, 6.45) is 1.60. The van der Waals surface area contributed by atoms with Crippen molar-refractivity contribution < 1.29 is 18.3 Å². The third-order valence-corrected chi connectivity index (χ3v) is 5.96. The molecule has 0 bridgehead atoms. The Hall–Kier alpha value is -2.23. The summed E-state index contributed by atoms with van der Waals surface area (Å²) in [6.45, 7) is 2.25. The van der Waals surface area contributed by atoms with Crippen LogP contribution >= 0.6 is 0 Å². The number of carbonyl (C=O) groups excluding carboxylic acids is 1. The van der Waals surface area contributed by atoms with Gasteiger partial charge in [-0.25, -0.2) is 0 Å². The molecular formula is C20H16F2O2Se. The number of rotatable bonds is 6. The van der Waals surface area contributed by atoms with Crippen LogP contribution in [0, 0.1) is 11.6 Å². The molecule has 0 spiro atoms. The minimum absolute atomic E-state index is 0.00110. The number of ether oxygens (including phenoxy) is 1. The number of halogens is 2. The number of aldehydes is 1. The van der Waals surface area contributed by atoms with E-state index in [4.69, 9.17) is 4.74 Å². The van der Waals surface area contributed by atoms with Gasteiger partial charge in [-0.1, -0.05) is 6.92 Å². The minimum atomic E-state index is -0.961. The zero-order valence-corrected chi connectivity index (χ0v) is 15.3. The zero-order valence-electron chi connectivity index (χ0n) is 13.6. The predicted molar refractivity (Wildman–Crippen MR) is 95.3 cm³/mol. The van der Waals surface area contributed by atoms with E-state index in [2.05, 4.69) is 0 Å². The van der Waals surface area contributed by atoms with Gasteiger partial charge in [-0.2, -0.15) is 0 Å². The van der Waals surface area contributed by atoms with Crippen LogP contribution in [0.25, 0.3) is 21.1 Å². The Labute approximate surface area is 150 Å². The Kier molecular flexibility index (Phi) is 5.46. The van der Waals surface area contributed by atoms with Crippen molar-refractivity contribution in [2.75, 3.05) is 6.61 Å².